The first-order valence-corrected chi connectivity index (χ1v) is 8.59. The Morgan fingerprint density at radius 2 is 1.96 bits per heavy atom. The van der Waals surface area contributed by atoms with E-state index in [9.17, 15) is 4.79 Å². The van der Waals surface area contributed by atoms with Crippen molar-refractivity contribution in [3.05, 3.63) is 66.3 Å². The summed E-state index contributed by atoms with van der Waals surface area (Å²) in [5, 5.41) is 3.25. The monoisotopic (exact) mass is 362 g/mol. The van der Waals surface area contributed by atoms with Gasteiger partial charge >= 0.3 is 6.09 Å². The fourth-order valence-corrected chi connectivity index (χ4v) is 2.81. The van der Waals surface area contributed by atoms with E-state index in [1.807, 2.05) is 36.4 Å². The Bertz CT molecular complexity index is 971. The number of amides is 1. The van der Waals surface area contributed by atoms with Crippen LogP contribution in [0.3, 0.4) is 0 Å². The van der Waals surface area contributed by atoms with E-state index >= 15 is 0 Å². The van der Waals surface area contributed by atoms with Gasteiger partial charge in [0.25, 0.3) is 0 Å². The number of fused-ring (bicyclic) bond motifs is 1. The van der Waals surface area contributed by atoms with Gasteiger partial charge in [0.05, 0.1) is 0 Å². The van der Waals surface area contributed by atoms with Gasteiger partial charge in [0.1, 0.15) is 18.5 Å². The predicted molar refractivity (Wildman–Crippen MR) is 99.9 cm³/mol. The number of aromatic nitrogens is 4. The number of hydrogen-bond acceptors (Lipinski definition) is 7. The lowest BCUT2D eigenvalue weighted by molar-refractivity contribution is 0.105. The van der Waals surface area contributed by atoms with Crippen molar-refractivity contribution < 1.29 is 9.53 Å². The molecule has 0 spiro atoms. The van der Waals surface area contributed by atoms with Crippen LogP contribution in [0.5, 0.6) is 0 Å². The molecular weight excluding hydrogens is 344 g/mol. The van der Waals surface area contributed by atoms with Gasteiger partial charge in [-0.25, -0.2) is 24.7 Å². The SMILES string of the molecule is O=C(OCc1ccccc1)N1CC=C(CNc2ncnc3nccnc23)C1. The zero-order valence-electron chi connectivity index (χ0n) is 14.6. The second-order valence-electron chi connectivity index (χ2n) is 6.09. The average molecular weight is 362 g/mol. The van der Waals surface area contributed by atoms with Gasteiger partial charge in [-0.15, -0.1) is 0 Å². The van der Waals surface area contributed by atoms with Gasteiger partial charge in [0.2, 0.25) is 0 Å². The van der Waals surface area contributed by atoms with Crippen LogP contribution in [0.2, 0.25) is 0 Å². The van der Waals surface area contributed by atoms with Crippen molar-refractivity contribution >= 4 is 23.1 Å². The van der Waals surface area contributed by atoms with Crippen LogP contribution in [-0.2, 0) is 11.3 Å². The molecule has 0 radical (unpaired) electrons. The summed E-state index contributed by atoms with van der Waals surface area (Å²) >= 11 is 0. The molecule has 8 nitrogen and oxygen atoms in total. The van der Waals surface area contributed by atoms with Crippen molar-refractivity contribution in [2.24, 2.45) is 0 Å². The summed E-state index contributed by atoms with van der Waals surface area (Å²) in [6.07, 6.45) is 6.36. The second-order valence-corrected chi connectivity index (χ2v) is 6.09. The highest BCUT2D eigenvalue weighted by Crippen LogP contribution is 2.16. The molecule has 1 aliphatic rings. The van der Waals surface area contributed by atoms with Gasteiger partial charge in [-0.05, 0) is 11.1 Å². The third kappa shape index (κ3) is 4.00. The first-order chi connectivity index (χ1) is 13.3. The maximum Gasteiger partial charge on any atom is 0.410 e. The number of rotatable bonds is 5. The van der Waals surface area contributed by atoms with Crippen molar-refractivity contribution in [2.45, 2.75) is 6.61 Å². The van der Waals surface area contributed by atoms with Gasteiger partial charge in [-0.2, -0.15) is 0 Å². The number of nitrogens with zero attached hydrogens (tertiary/aromatic N) is 5. The van der Waals surface area contributed by atoms with Gasteiger partial charge in [-0.1, -0.05) is 36.4 Å². The van der Waals surface area contributed by atoms with Crippen LogP contribution in [-0.4, -0.2) is 50.6 Å². The van der Waals surface area contributed by atoms with Crippen LogP contribution in [0, 0.1) is 0 Å². The van der Waals surface area contributed by atoms with Crippen molar-refractivity contribution in [2.75, 3.05) is 25.0 Å². The molecular formula is C19H18N6O2. The molecule has 0 fully saturated rings. The Labute approximate surface area is 155 Å². The topological polar surface area (TPSA) is 93.1 Å². The molecule has 0 atom stereocenters. The molecule has 0 unspecified atom stereocenters. The van der Waals surface area contributed by atoms with Gasteiger partial charge in [0, 0.05) is 32.0 Å². The number of benzene rings is 1. The highest BCUT2D eigenvalue weighted by Gasteiger charge is 2.21. The number of carbonyl (C=O) groups excluding carboxylic acids is 1. The van der Waals surface area contributed by atoms with E-state index in [-0.39, 0.29) is 12.7 Å². The molecule has 0 aliphatic carbocycles. The first kappa shape index (κ1) is 16.9. The number of carbonyl (C=O) groups is 1. The predicted octanol–water partition coefficient (Wildman–Crippen LogP) is 2.41. The molecule has 4 rings (SSSR count). The number of ether oxygens (including phenoxy) is 1. The summed E-state index contributed by atoms with van der Waals surface area (Å²) in [7, 11) is 0. The minimum absolute atomic E-state index is 0.273. The minimum atomic E-state index is -0.316. The molecule has 3 heterocycles. The van der Waals surface area contributed by atoms with Crippen molar-refractivity contribution in [1.82, 2.24) is 24.8 Å². The fraction of sp³-hybridized carbons (Fsp3) is 0.211. The Balaban J connectivity index is 1.30. The molecule has 0 saturated carbocycles. The average Bonchev–Trinajstić information content (AvgIpc) is 3.20. The number of hydrogen-bond donors (Lipinski definition) is 1. The molecule has 1 N–H and O–H groups in total. The molecule has 0 saturated heterocycles. The van der Waals surface area contributed by atoms with Gasteiger partial charge < -0.3 is 15.0 Å². The van der Waals surface area contributed by atoms with Crippen molar-refractivity contribution in [3.63, 3.8) is 0 Å². The van der Waals surface area contributed by atoms with Crippen molar-refractivity contribution in [1.29, 1.82) is 0 Å². The molecule has 3 aromatic rings. The van der Waals surface area contributed by atoms with E-state index < -0.39 is 0 Å². The zero-order valence-corrected chi connectivity index (χ0v) is 14.6. The molecule has 0 bridgehead atoms. The lowest BCUT2D eigenvalue weighted by Crippen LogP contribution is -2.30. The molecule has 8 heteroatoms. The summed E-state index contributed by atoms with van der Waals surface area (Å²) in [5.41, 5.74) is 3.22. The minimum Gasteiger partial charge on any atom is -0.445 e. The lowest BCUT2D eigenvalue weighted by atomic mass is 10.2. The second kappa shape index (κ2) is 7.77. The quantitative estimate of drug-likeness (QED) is 0.697. The van der Waals surface area contributed by atoms with E-state index in [1.165, 1.54) is 6.33 Å². The van der Waals surface area contributed by atoms with E-state index in [1.54, 1.807) is 17.3 Å². The van der Waals surface area contributed by atoms with E-state index in [0.717, 1.165) is 11.1 Å². The fourth-order valence-electron chi connectivity index (χ4n) is 2.81. The summed E-state index contributed by atoms with van der Waals surface area (Å²) in [6.45, 7) is 1.89. The largest absolute Gasteiger partial charge is 0.445 e. The van der Waals surface area contributed by atoms with Crippen LogP contribution in [0.25, 0.3) is 11.2 Å². The molecule has 2 aromatic heterocycles. The first-order valence-electron chi connectivity index (χ1n) is 8.59. The summed E-state index contributed by atoms with van der Waals surface area (Å²) in [5.74, 6) is 0.624. The summed E-state index contributed by atoms with van der Waals surface area (Å²) in [4.78, 5) is 30.6. The van der Waals surface area contributed by atoms with E-state index in [0.29, 0.717) is 36.6 Å². The van der Waals surface area contributed by atoms with Crippen LogP contribution in [0.15, 0.2) is 60.7 Å². The lowest BCUT2D eigenvalue weighted by Gasteiger charge is -2.16. The van der Waals surface area contributed by atoms with Gasteiger partial charge in [-0.3, -0.25) is 0 Å². The Morgan fingerprint density at radius 3 is 2.85 bits per heavy atom. The maximum absolute atomic E-state index is 12.2. The van der Waals surface area contributed by atoms with Crippen LogP contribution in [0.4, 0.5) is 10.6 Å². The van der Waals surface area contributed by atoms with E-state index in [2.05, 4.69) is 25.3 Å². The van der Waals surface area contributed by atoms with Crippen LogP contribution >= 0.6 is 0 Å². The Hall–Kier alpha value is -3.55. The smallest absolute Gasteiger partial charge is 0.410 e. The van der Waals surface area contributed by atoms with Crippen LogP contribution < -0.4 is 5.32 Å². The zero-order chi connectivity index (χ0) is 18.5. The molecule has 1 amide bonds. The van der Waals surface area contributed by atoms with Crippen LogP contribution in [0.1, 0.15) is 5.56 Å². The summed E-state index contributed by atoms with van der Waals surface area (Å²) in [6, 6.07) is 9.64. The highest BCUT2D eigenvalue weighted by molar-refractivity contribution is 5.81. The number of nitrogens with one attached hydrogen (secondary N) is 1. The van der Waals surface area contributed by atoms with E-state index in [4.69, 9.17) is 4.74 Å². The Kier molecular flexibility index (Phi) is 4.86. The third-order valence-electron chi connectivity index (χ3n) is 4.21. The Morgan fingerprint density at radius 1 is 1.11 bits per heavy atom. The molecule has 1 aliphatic heterocycles. The van der Waals surface area contributed by atoms with Gasteiger partial charge in [0.15, 0.2) is 11.5 Å². The molecule has 27 heavy (non-hydrogen) atoms. The standard InChI is InChI=1S/C19H18N6O2/c26-19(27-12-14-4-2-1-3-5-14)25-9-6-15(11-25)10-22-18-16-17(23-13-24-18)21-8-7-20-16/h1-8,13H,9-12H2,(H,21,22,23,24). The van der Waals surface area contributed by atoms with Crippen molar-refractivity contribution in [3.8, 4) is 0 Å². The molecule has 136 valence electrons. The highest BCUT2D eigenvalue weighted by atomic mass is 16.6. The molecule has 1 aromatic carbocycles. The summed E-state index contributed by atoms with van der Waals surface area (Å²) < 4.78 is 5.38. The maximum atomic E-state index is 12.2. The number of anilines is 1. The third-order valence-corrected chi connectivity index (χ3v) is 4.21. The normalized spacial score (nSPS) is 13.5.